The van der Waals surface area contributed by atoms with Crippen molar-refractivity contribution in [3.63, 3.8) is 0 Å². The molecule has 2 N–H and O–H groups in total. The molecule has 6 nitrogen and oxygen atoms in total. The molecule has 2 rings (SSSR count). The van der Waals surface area contributed by atoms with Gasteiger partial charge in [-0.2, -0.15) is 0 Å². The van der Waals surface area contributed by atoms with Crippen LogP contribution in [0.15, 0.2) is 42.6 Å². The molecule has 1 heterocycles. The molecule has 0 saturated heterocycles. The van der Waals surface area contributed by atoms with Crippen molar-refractivity contribution in [3.05, 3.63) is 48.2 Å². The summed E-state index contributed by atoms with van der Waals surface area (Å²) in [7, 11) is 1.53. The Balaban J connectivity index is 1.77. The second-order valence-electron chi connectivity index (χ2n) is 5.45. The second-order valence-corrected chi connectivity index (χ2v) is 6.78. The summed E-state index contributed by atoms with van der Waals surface area (Å²) in [6.07, 6.45) is 1.53. The largest absolute Gasteiger partial charge is 0.481 e. The number of ether oxygens (including phenoxy) is 1. The van der Waals surface area contributed by atoms with Crippen LogP contribution in [0.3, 0.4) is 0 Å². The van der Waals surface area contributed by atoms with Gasteiger partial charge in [-0.05, 0) is 32.0 Å². The van der Waals surface area contributed by atoms with Crippen molar-refractivity contribution in [1.29, 1.82) is 0 Å². The SMILES string of the molecule is COc1ccc(NC(=O)C(C)SCC(=O)Nc2ccc(C)cc2)cn1. The number of nitrogens with one attached hydrogen (secondary N) is 2. The van der Waals surface area contributed by atoms with Crippen molar-refractivity contribution in [1.82, 2.24) is 4.98 Å². The van der Waals surface area contributed by atoms with Crippen molar-refractivity contribution in [2.24, 2.45) is 0 Å². The number of carbonyl (C=O) groups is 2. The van der Waals surface area contributed by atoms with Gasteiger partial charge < -0.3 is 15.4 Å². The molecule has 0 aliphatic heterocycles. The third-order valence-electron chi connectivity index (χ3n) is 3.38. The third-order valence-corrected chi connectivity index (χ3v) is 4.52. The minimum absolute atomic E-state index is 0.139. The summed E-state index contributed by atoms with van der Waals surface area (Å²) >= 11 is 1.27. The van der Waals surface area contributed by atoms with E-state index in [0.717, 1.165) is 11.3 Å². The summed E-state index contributed by atoms with van der Waals surface area (Å²) < 4.78 is 4.97. The van der Waals surface area contributed by atoms with Crippen molar-refractivity contribution in [2.45, 2.75) is 19.1 Å². The average molecular weight is 359 g/mol. The van der Waals surface area contributed by atoms with Crippen molar-refractivity contribution >= 4 is 35.0 Å². The topological polar surface area (TPSA) is 80.3 Å². The first kappa shape index (κ1) is 18.8. The van der Waals surface area contributed by atoms with Gasteiger partial charge in [0.25, 0.3) is 0 Å². The number of nitrogens with zero attached hydrogens (tertiary/aromatic N) is 1. The fourth-order valence-electron chi connectivity index (χ4n) is 1.93. The van der Waals surface area contributed by atoms with Gasteiger partial charge in [-0.3, -0.25) is 9.59 Å². The number of aromatic nitrogens is 1. The summed E-state index contributed by atoms with van der Waals surface area (Å²) in [5.41, 5.74) is 2.46. The number of pyridine rings is 1. The highest BCUT2D eigenvalue weighted by atomic mass is 32.2. The molecule has 1 unspecified atom stereocenters. The molecule has 7 heteroatoms. The Bertz CT molecular complexity index is 717. The lowest BCUT2D eigenvalue weighted by Gasteiger charge is -2.12. The highest BCUT2D eigenvalue weighted by molar-refractivity contribution is 8.01. The molecule has 0 saturated carbocycles. The standard InChI is InChI=1S/C18H21N3O3S/c1-12-4-6-14(7-5-12)20-16(22)11-25-13(2)18(23)21-15-8-9-17(24-3)19-10-15/h4-10,13H,11H2,1-3H3,(H,20,22)(H,21,23). The average Bonchev–Trinajstić information content (AvgIpc) is 2.62. The number of rotatable bonds is 7. The van der Waals surface area contributed by atoms with Gasteiger partial charge in [0.1, 0.15) is 0 Å². The summed E-state index contributed by atoms with van der Waals surface area (Å²) in [4.78, 5) is 28.1. The normalized spacial score (nSPS) is 11.5. The van der Waals surface area contributed by atoms with Gasteiger partial charge >= 0.3 is 0 Å². The molecule has 0 bridgehead atoms. The Kier molecular flexibility index (Phi) is 6.82. The molecule has 0 spiro atoms. The lowest BCUT2D eigenvalue weighted by molar-refractivity contribution is -0.115. The van der Waals surface area contributed by atoms with Crippen LogP contribution in [0.5, 0.6) is 5.88 Å². The predicted octanol–water partition coefficient (Wildman–Crippen LogP) is 3.10. The monoisotopic (exact) mass is 359 g/mol. The van der Waals surface area contributed by atoms with Gasteiger partial charge in [-0.1, -0.05) is 17.7 Å². The Morgan fingerprint density at radius 1 is 1.12 bits per heavy atom. The van der Waals surface area contributed by atoms with Gasteiger partial charge in [0, 0.05) is 11.8 Å². The molecule has 0 fully saturated rings. The van der Waals surface area contributed by atoms with Crippen LogP contribution >= 0.6 is 11.8 Å². The van der Waals surface area contributed by atoms with Gasteiger partial charge in [-0.15, -0.1) is 11.8 Å². The Morgan fingerprint density at radius 2 is 1.80 bits per heavy atom. The van der Waals surface area contributed by atoms with Gasteiger partial charge in [0.15, 0.2) is 0 Å². The molecule has 0 radical (unpaired) electrons. The van der Waals surface area contributed by atoms with Crippen LogP contribution in [0.2, 0.25) is 0 Å². The zero-order valence-corrected chi connectivity index (χ0v) is 15.2. The Labute approximate surface area is 151 Å². The number of benzene rings is 1. The first-order chi connectivity index (χ1) is 12.0. The molecule has 132 valence electrons. The summed E-state index contributed by atoms with van der Waals surface area (Å²) in [6, 6.07) is 11.0. The van der Waals surface area contributed by atoms with E-state index in [1.807, 2.05) is 31.2 Å². The van der Waals surface area contributed by atoms with E-state index in [0.29, 0.717) is 11.6 Å². The number of amides is 2. The van der Waals surface area contributed by atoms with E-state index in [-0.39, 0.29) is 22.8 Å². The summed E-state index contributed by atoms with van der Waals surface area (Å²) in [5.74, 6) is 0.358. The third kappa shape index (κ3) is 6.11. The zero-order valence-electron chi connectivity index (χ0n) is 14.4. The number of anilines is 2. The number of aryl methyl sites for hydroxylation is 1. The van der Waals surface area contributed by atoms with Crippen molar-refractivity contribution < 1.29 is 14.3 Å². The molecule has 1 aromatic heterocycles. The van der Waals surface area contributed by atoms with Crippen LogP contribution in [0.4, 0.5) is 11.4 Å². The minimum Gasteiger partial charge on any atom is -0.481 e. The van der Waals surface area contributed by atoms with Crippen LogP contribution in [0.1, 0.15) is 12.5 Å². The molecule has 2 amide bonds. The second kappa shape index (κ2) is 9.08. The summed E-state index contributed by atoms with van der Waals surface area (Å²) in [6.45, 7) is 3.75. The first-order valence-corrected chi connectivity index (χ1v) is 8.82. The van der Waals surface area contributed by atoms with Crippen LogP contribution in [-0.2, 0) is 9.59 Å². The highest BCUT2D eigenvalue weighted by Crippen LogP contribution is 2.16. The molecule has 25 heavy (non-hydrogen) atoms. The fraction of sp³-hybridized carbons (Fsp3) is 0.278. The van der Waals surface area contributed by atoms with Gasteiger partial charge in [0.2, 0.25) is 17.7 Å². The van der Waals surface area contributed by atoms with Crippen LogP contribution in [0.25, 0.3) is 0 Å². The predicted molar refractivity (Wildman–Crippen MR) is 101 cm³/mol. The molecular weight excluding hydrogens is 338 g/mol. The van der Waals surface area contributed by atoms with Crippen LogP contribution in [-0.4, -0.2) is 34.9 Å². The minimum atomic E-state index is -0.370. The van der Waals surface area contributed by atoms with Crippen LogP contribution in [0, 0.1) is 6.92 Å². The maximum atomic E-state index is 12.2. The molecule has 2 aromatic rings. The van der Waals surface area contributed by atoms with Crippen LogP contribution < -0.4 is 15.4 Å². The number of hydrogen-bond donors (Lipinski definition) is 2. The molecule has 1 aromatic carbocycles. The Morgan fingerprint density at radius 3 is 2.40 bits per heavy atom. The molecule has 0 aliphatic rings. The number of carbonyl (C=O) groups excluding carboxylic acids is 2. The van der Waals surface area contributed by atoms with E-state index >= 15 is 0 Å². The van der Waals surface area contributed by atoms with E-state index in [1.165, 1.54) is 25.1 Å². The number of hydrogen-bond acceptors (Lipinski definition) is 5. The lowest BCUT2D eigenvalue weighted by atomic mass is 10.2. The van der Waals surface area contributed by atoms with E-state index in [1.54, 1.807) is 19.1 Å². The number of thioether (sulfide) groups is 1. The number of methoxy groups -OCH3 is 1. The van der Waals surface area contributed by atoms with E-state index in [9.17, 15) is 9.59 Å². The molecule has 1 atom stereocenters. The van der Waals surface area contributed by atoms with Gasteiger partial charge in [0.05, 0.1) is 30.0 Å². The first-order valence-electron chi connectivity index (χ1n) is 7.77. The maximum Gasteiger partial charge on any atom is 0.237 e. The van der Waals surface area contributed by atoms with E-state index in [2.05, 4.69) is 15.6 Å². The van der Waals surface area contributed by atoms with E-state index in [4.69, 9.17) is 4.74 Å². The summed E-state index contributed by atoms with van der Waals surface area (Å²) in [5, 5.41) is 5.20. The molecular formula is C18H21N3O3S. The van der Waals surface area contributed by atoms with Gasteiger partial charge in [-0.25, -0.2) is 4.98 Å². The zero-order chi connectivity index (χ0) is 18.2. The van der Waals surface area contributed by atoms with Crippen molar-refractivity contribution in [2.75, 3.05) is 23.5 Å². The van der Waals surface area contributed by atoms with Crippen molar-refractivity contribution in [3.8, 4) is 5.88 Å². The molecule has 0 aliphatic carbocycles. The Hall–Kier alpha value is -2.54. The maximum absolute atomic E-state index is 12.2. The van der Waals surface area contributed by atoms with E-state index < -0.39 is 0 Å². The lowest BCUT2D eigenvalue weighted by Crippen LogP contribution is -2.25. The highest BCUT2D eigenvalue weighted by Gasteiger charge is 2.15. The quantitative estimate of drug-likeness (QED) is 0.794. The fourth-order valence-corrected chi connectivity index (χ4v) is 2.61. The smallest absolute Gasteiger partial charge is 0.237 e.